The van der Waals surface area contributed by atoms with E-state index in [9.17, 15) is 0 Å². The molecule has 0 aliphatic carbocycles. The lowest BCUT2D eigenvalue weighted by Gasteiger charge is -2.17. The summed E-state index contributed by atoms with van der Waals surface area (Å²) in [6.45, 7) is 7.99. The summed E-state index contributed by atoms with van der Waals surface area (Å²) < 4.78 is 5.54. The number of aromatic nitrogens is 2. The Balaban J connectivity index is 2.81. The molecule has 0 saturated heterocycles. The standard InChI is InChI=1S/C14H17ClN2O/c1-7-6-11(17-16-7)12-10(4)13(15)8(2)9(3)14(12)18-5/h6H,1-5H3,(H,16,17). The van der Waals surface area contributed by atoms with E-state index in [4.69, 9.17) is 16.3 Å². The van der Waals surface area contributed by atoms with Crippen molar-refractivity contribution in [3.8, 4) is 17.0 Å². The molecule has 2 aromatic rings. The summed E-state index contributed by atoms with van der Waals surface area (Å²) in [6, 6.07) is 2.00. The van der Waals surface area contributed by atoms with Crippen LogP contribution in [-0.2, 0) is 0 Å². The van der Waals surface area contributed by atoms with E-state index in [1.165, 1.54) is 0 Å². The van der Waals surface area contributed by atoms with Crippen LogP contribution in [0.5, 0.6) is 5.75 Å². The Labute approximate surface area is 112 Å². The van der Waals surface area contributed by atoms with Crippen molar-refractivity contribution < 1.29 is 4.74 Å². The fraction of sp³-hybridized carbons (Fsp3) is 0.357. The van der Waals surface area contributed by atoms with E-state index >= 15 is 0 Å². The molecule has 0 aliphatic rings. The van der Waals surface area contributed by atoms with Crippen molar-refractivity contribution in [1.29, 1.82) is 0 Å². The number of hydrogen-bond acceptors (Lipinski definition) is 2. The molecule has 18 heavy (non-hydrogen) atoms. The third kappa shape index (κ3) is 1.89. The summed E-state index contributed by atoms with van der Waals surface area (Å²) in [5, 5.41) is 8.04. The average molecular weight is 265 g/mol. The molecule has 2 rings (SSSR count). The molecule has 0 bridgehead atoms. The Kier molecular flexibility index (Phi) is 3.35. The number of methoxy groups -OCH3 is 1. The maximum atomic E-state index is 6.38. The summed E-state index contributed by atoms with van der Waals surface area (Å²) in [5.41, 5.74) is 5.97. The number of rotatable bonds is 2. The third-order valence-corrected chi connectivity index (χ3v) is 3.90. The van der Waals surface area contributed by atoms with Crippen molar-refractivity contribution in [2.45, 2.75) is 27.7 Å². The monoisotopic (exact) mass is 264 g/mol. The molecule has 0 aliphatic heterocycles. The van der Waals surface area contributed by atoms with Crippen LogP contribution in [-0.4, -0.2) is 17.3 Å². The first kappa shape index (κ1) is 13.0. The van der Waals surface area contributed by atoms with Gasteiger partial charge in [0.2, 0.25) is 0 Å². The van der Waals surface area contributed by atoms with E-state index in [1.54, 1.807) is 7.11 Å². The van der Waals surface area contributed by atoms with E-state index in [0.29, 0.717) is 0 Å². The molecule has 96 valence electrons. The van der Waals surface area contributed by atoms with Gasteiger partial charge in [-0.05, 0) is 50.5 Å². The molecule has 0 unspecified atom stereocenters. The van der Waals surface area contributed by atoms with E-state index in [1.807, 2.05) is 33.8 Å². The largest absolute Gasteiger partial charge is 0.496 e. The van der Waals surface area contributed by atoms with Crippen LogP contribution in [0.3, 0.4) is 0 Å². The summed E-state index contributed by atoms with van der Waals surface area (Å²) in [7, 11) is 1.68. The highest BCUT2D eigenvalue weighted by Gasteiger charge is 2.19. The van der Waals surface area contributed by atoms with Gasteiger partial charge in [-0.1, -0.05) is 11.6 Å². The van der Waals surface area contributed by atoms with E-state index in [2.05, 4.69) is 10.2 Å². The Morgan fingerprint density at radius 3 is 2.28 bits per heavy atom. The first-order valence-electron chi connectivity index (χ1n) is 5.83. The topological polar surface area (TPSA) is 37.9 Å². The van der Waals surface area contributed by atoms with Crippen LogP contribution >= 0.6 is 11.6 Å². The average Bonchev–Trinajstić information content (AvgIpc) is 2.77. The number of aromatic amines is 1. The zero-order valence-electron chi connectivity index (χ0n) is 11.3. The van der Waals surface area contributed by atoms with Gasteiger partial charge < -0.3 is 4.74 Å². The highest BCUT2D eigenvalue weighted by molar-refractivity contribution is 6.32. The van der Waals surface area contributed by atoms with E-state index in [-0.39, 0.29) is 0 Å². The van der Waals surface area contributed by atoms with E-state index in [0.717, 1.165) is 44.4 Å². The van der Waals surface area contributed by atoms with Gasteiger partial charge in [-0.3, -0.25) is 5.10 Å². The van der Waals surface area contributed by atoms with Gasteiger partial charge in [-0.25, -0.2) is 0 Å². The van der Waals surface area contributed by atoms with Crippen molar-refractivity contribution >= 4 is 11.6 Å². The van der Waals surface area contributed by atoms with Gasteiger partial charge in [-0.15, -0.1) is 0 Å². The summed E-state index contributed by atoms with van der Waals surface area (Å²) in [6.07, 6.45) is 0. The summed E-state index contributed by atoms with van der Waals surface area (Å²) in [4.78, 5) is 0. The number of ether oxygens (including phenoxy) is 1. The van der Waals surface area contributed by atoms with Gasteiger partial charge in [0, 0.05) is 16.3 Å². The Bertz CT molecular complexity index is 602. The molecule has 0 spiro atoms. The third-order valence-electron chi connectivity index (χ3n) is 3.33. The molecule has 0 radical (unpaired) electrons. The van der Waals surface area contributed by atoms with Gasteiger partial charge in [0.25, 0.3) is 0 Å². The van der Waals surface area contributed by atoms with Crippen LogP contribution in [0.15, 0.2) is 6.07 Å². The van der Waals surface area contributed by atoms with Gasteiger partial charge >= 0.3 is 0 Å². The fourth-order valence-electron chi connectivity index (χ4n) is 2.19. The van der Waals surface area contributed by atoms with Gasteiger partial charge in [0.15, 0.2) is 0 Å². The maximum absolute atomic E-state index is 6.38. The zero-order chi connectivity index (χ0) is 13.4. The molecule has 3 nitrogen and oxygen atoms in total. The van der Waals surface area contributed by atoms with Gasteiger partial charge in [-0.2, -0.15) is 5.10 Å². The normalized spacial score (nSPS) is 10.8. The number of halogens is 1. The van der Waals surface area contributed by atoms with Crippen molar-refractivity contribution in [3.05, 3.63) is 33.5 Å². The minimum Gasteiger partial charge on any atom is -0.496 e. The predicted octanol–water partition coefficient (Wildman–Crippen LogP) is 3.97. The summed E-state index contributed by atoms with van der Waals surface area (Å²) in [5.74, 6) is 0.848. The maximum Gasteiger partial charge on any atom is 0.131 e. The second-order valence-electron chi connectivity index (χ2n) is 4.53. The van der Waals surface area contributed by atoms with Crippen molar-refractivity contribution in [2.24, 2.45) is 0 Å². The van der Waals surface area contributed by atoms with Gasteiger partial charge in [0.05, 0.1) is 12.8 Å². The number of hydrogen-bond donors (Lipinski definition) is 1. The fourth-order valence-corrected chi connectivity index (χ4v) is 2.43. The Morgan fingerprint density at radius 2 is 1.78 bits per heavy atom. The lowest BCUT2D eigenvalue weighted by molar-refractivity contribution is 0.412. The smallest absolute Gasteiger partial charge is 0.131 e. The SMILES string of the molecule is COc1c(C)c(C)c(Cl)c(C)c1-c1cc(C)[nH]n1. The zero-order valence-corrected chi connectivity index (χ0v) is 12.1. The van der Waals surface area contributed by atoms with Crippen LogP contribution in [0.2, 0.25) is 5.02 Å². The Hall–Kier alpha value is -1.48. The first-order valence-corrected chi connectivity index (χ1v) is 6.20. The predicted molar refractivity (Wildman–Crippen MR) is 74.5 cm³/mol. The van der Waals surface area contributed by atoms with Crippen LogP contribution < -0.4 is 4.74 Å². The van der Waals surface area contributed by atoms with Gasteiger partial charge in [0.1, 0.15) is 5.75 Å². The molecule has 0 amide bonds. The number of nitrogens with zero attached hydrogens (tertiary/aromatic N) is 1. The minimum atomic E-state index is 0.781. The highest BCUT2D eigenvalue weighted by atomic mass is 35.5. The highest BCUT2D eigenvalue weighted by Crippen LogP contribution is 2.41. The first-order chi connectivity index (χ1) is 8.47. The van der Waals surface area contributed by atoms with E-state index < -0.39 is 0 Å². The molecule has 0 atom stereocenters. The Morgan fingerprint density at radius 1 is 1.11 bits per heavy atom. The molecule has 4 heteroatoms. The van der Waals surface area contributed by atoms with Crippen LogP contribution in [0.25, 0.3) is 11.3 Å². The lowest BCUT2D eigenvalue weighted by atomic mass is 9.96. The lowest BCUT2D eigenvalue weighted by Crippen LogP contribution is -1.98. The number of benzene rings is 1. The molecule has 1 aromatic heterocycles. The quantitative estimate of drug-likeness (QED) is 0.891. The van der Waals surface area contributed by atoms with Crippen molar-refractivity contribution in [2.75, 3.05) is 7.11 Å². The van der Waals surface area contributed by atoms with Crippen LogP contribution in [0.4, 0.5) is 0 Å². The minimum absolute atomic E-state index is 0.781. The molecule has 0 saturated carbocycles. The number of aryl methyl sites for hydroxylation is 1. The summed E-state index contributed by atoms with van der Waals surface area (Å²) >= 11 is 6.38. The van der Waals surface area contributed by atoms with Crippen molar-refractivity contribution in [1.82, 2.24) is 10.2 Å². The van der Waals surface area contributed by atoms with Crippen molar-refractivity contribution in [3.63, 3.8) is 0 Å². The second kappa shape index (κ2) is 4.65. The molecule has 1 N–H and O–H groups in total. The number of H-pyrrole nitrogens is 1. The molecule has 1 aromatic carbocycles. The van der Waals surface area contributed by atoms with Crippen LogP contribution in [0.1, 0.15) is 22.4 Å². The van der Waals surface area contributed by atoms with Crippen LogP contribution in [0, 0.1) is 27.7 Å². The number of nitrogens with one attached hydrogen (secondary N) is 1. The molecular formula is C14H17ClN2O. The molecular weight excluding hydrogens is 248 g/mol. The molecule has 1 heterocycles. The second-order valence-corrected chi connectivity index (χ2v) is 4.91. The molecule has 0 fully saturated rings.